The predicted molar refractivity (Wildman–Crippen MR) is 81.2 cm³/mol. The standard InChI is InChI=1S/C14H15NO2S2/c1-8-4-3-5-11(13(8)15)18-7-10-6-12(14(16)17)19-9(10)2/h3-6H,7,15H2,1-2H3,(H,16,17). The van der Waals surface area contributed by atoms with Crippen LogP contribution < -0.4 is 5.73 Å². The second-order valence-electron chi connectivity index (χ2n) is 4.27. The van der Waals surface area contributed by atoms with E-state index >= 15 is 0 Å². The van der Waals surface area contributed by atoms with Crippen LogP contribution in [0.5, 0.6) is 0 Å². The van der Waals surface area contributed by atoms with Crippen molar-refractivity contribution in [1.82, 2.24) is 0 Å². The second-order valence-corrected chi connectivity index (χ2v) is 6.55. The average Bonchev–Trinajstić information content (AvgIpc) is 2.73. The van der Waals surface area contributed by atoms with Crippen molar-refractivity contribution in [2.45, 2.75) is 24.5 Å². The third-order valence-electron chi connectivity index (χ3n) is 2.90. The molecule has 0 saturated heterocycles. The fourth-order valence-corrected chi connectivity index (χ4v) is 3.78. The molecule has 2 rings (SSSR count). The van der Waals surface area contributed by atoms with Gasteiger partial charge in [0, 0.05) is 21.2 Å². The number of carbonyl (C=O) groups is 1. The summed E-state index contributed by atoms with van der Waals surface area (Å²) < 4.78 is 0. The van der Waals surface area contributed by atoms with Crippen molar-refractivity contribution in [3.8, 4) is 0 Å². The normalized spacial score (nSPS) is 10.6. The van der Waals surface area contributed by atoms with Gasteiger partial charge in [0.1, 0.15) is 4.88 Å². The molecule has 3 N–H and O–H groups in total. The lowest BCUT2D eigenvalue weighted by molar-refractivity contribution is 0.0702. The van der Waals surface area contributed by atoms with Crippen molar-refractivity contribution in [2.24, 2.45) is 0 Å². The number of hydrogen-bond acceptors (Lipinski definition) is 4. The summed E-state index contributed by atoms with van der Waals surface area (Å²) in [6.45, 7) is 3.93. The Kier molecular flexibility index (Phi) is 4.17. The number of hydrogen-bond donors (Lipinski definition) is 2. The van der Waals surface area contributed by atoms with Gasteiger partial charge in [-0.1, -0.05) is 12.1 Å². The maximum absolute atomic E-state index is 10.9. The highest BCUT2D eigenvalue weighted by molar-refractivity contribution is 7.98. The van der Waals surface area contributed by atoms with Gasteiger partial charge in [0.2, 0.25) is 0 Å². The minimum atomic E-state index is -0.862. The van der Waals surface area contributed by atoms with Crippen molar-refractivity contribution in [3.63, 3.8) is 0 Å². The first-order chi connectivity index (χ1) is 8.99. The van der Waals surface area contributed by atoms with E-state index in [1.807, 2.05) is 32.0 Å². The number of thioether (sulfide) groups is 1. The van der Waals surface area contributed by atoms with Gasteiger partial charge in [-0.2, -0.15) is 0 Å². The maximum Gasteiger partial charge on any atom is 0.345 e. The molecule has 0 aliphatic rings. The summed E-state index contributed by atoms with van der Waals surface area (Å²) in [7, 11) is 0. The summed E-state index contributed by atoms with van der Waals surface area (Å²) in [5, 5.41) is 8.97. The highest BCUT2D eigenvalue weighted by atomic mass is 32.2. The number of para-hydroxylation sites is 1. The number of rotatable bonds is 4. The van der Waals surface area contributed by atoms with Gasteiger partial charge in [0.25, 0.3) is 0 Å². The summed E-state index contributed by atoms with van der Waals surface area (Å²) >= 11 is 2.96. The van der Waals surface area contributed by atoms with E-state index < -0.39 is 5.97 Å². The van der Waals surface area contributed by atoms with E-state index in [2.05, 4.69) is 0 Å². The highest BCUT2D eigenvalue weighted by Gasteiger charge is 2.12. The molecule has 0 radical (unpaired) electrons. The topological polar surface area (TPSA) is 63.3 Å². The van der Waals surface area contributed by atoms with Crippen LogP contribution in [-0.2, 0) is 5.75 Å². The van der Waals surface area contributed by atoms with Crippen molar-refractivity contribution in [2.75, 3.05) is 5.73 Å². The molecule has 5 heteroatoms. The maximum atomic E-state index is 10.9. The third kappa shape index (κ3) is 3.11. The molecule has 19 heavy (non-hydrogen) atoms. The van der Waals surface area contributed by atoms with Gasteiger partial charge in [-0.15, -0.1) is 23.1 Å². The zero-order valence-electron chi connectivity index (χ0n) is 10.8. The largest absolute Gasteiger partial charge is 0.477 e. The van der Waals surface area contributed by atoms with E-state index in [0.717, 1.165) is 32.3 Å². The Bertz CT molecular complexity index is 620. The van der Waals surface area contributed by atoms with Crippen LogP contribution in [0, 0.1) is 13.8 Å². The lowest BCUT2D eigenvalue weighted by Gasteiger charge is -2.07. The molecular weight excluding hydrogens is 278 g/mol. The summed E-state index contributed by atoms with van der Waals surface area (Å²) in [5.74, 6) is -0.122. The number of carboxylic acid groups (broad SMARTS) is 1. The van der Waals surface area contributed by atoms with Gasteiger partial charge >= 0.3 is 5.97 Å². The fourth-order valence-electron chi connectivity index (χ4n) is 1.70. The smallest absolute Gasteiger partial charge is 0.345 e. The zero-order chi connectivity index (χ0) is 14.0. The number of thiophene rings is 1. The summed E-state index contributed by atoms with van der Waals surface area (Å²) in [6, 6.07) is 7.71. The van der Waals surface area contributed by atoms with Crippen LogP contribution in [0.1, 0.15) is 25.7 Å². The van der Waals surface area contributed by atoms with E-state index in [0.29, 0.717) is 4.88 Å². The van der Waals surface area contributed by atoms with Crippen LogP contribution in [0.4, 0.5) is 5.69 Å². The van der Waals surface area contributed by atoms with Crippen LogP contribution in [0.25, 0.3) is 0 Å². The number of carboxylic acids is 1. The van der Waals surface area contributed by atoms with E-state index in [1.54, 1.807) is 17.8 Å². The van der Waals surface area contributed by atoms with Crippen LogP contribution in [0.3, 0.4) is 0 Å². The molecule has 3 nitrogen and oxygen atoms in total. The molecule has 2 aromatic rings. The van der Waals surface area contributed by atoms with Gasteiger partial charge in [0.15, 0.2) is 0 Å². The van der Waals surface area contributed by atoms with Gasteiger partial charge in [-0.3, -0.25) is 0 Å². The molecule has 0 saturated carbocycles. The Balaban J connectivity index is 2.14. The molecule has 0 aliphatic carbocycles. The minimum Gasteiger partial charge on any atom is -0.477 e. The molecule has 0 spiro atoms. The first-order valence-electron chi connectivity index (χ1n) is 5.79. The molecule has 1 heterocycles. The molecule has 0 amide bonds. The highest BCUT2D eigenvalue weighted by Crippen LogP contribution is 2.32. The molecular formula is C14H15NO2S2. The van der Waals surface area contributed by atoms with Crippen molar-refractivity contribution in [1.29, 1.82) is 0 Å². The van der Waals surface area contributed by atoms with Crippen molar-refractivity contribution >= 4 is 34.8 Å². The van der Waals surface area contributed by atoms with Crippen molar-refractivity contribution < 1.29 is 9.90 Å². The molecule has 0 fully saturated rings. The van der Waals surface area contributed by atoms with E-state index in [1.165, 1.54) is 11.3 Å². The van der Waals surface area contributed by atoms with Gasteiger partial charge in [0.05, 0.1) is 0 Å². The third-order valence-corrected chi connectivity index (χ3v) is 5.10. The summed E-state index contributed by atoms with van der Waals surface area (Å²) in [6.07, 6.45) is 0. The van der Waals surface area contributed by atoms with Crippen molar-refractivity contribution in [3.05, 3.63) is 45.1 Å². The number of nitrogen functional groups attached to an aromatic ring is 1. The van der Waals surface area contributed by atoms with E-state index in [9.17, 15) is 4.79 Å². The van der Waals surface area contributed by atoms with Crippen LogP contribution in [-0.4, -0.2) is 11.1 Å². The Labute approximate surface area is 120 Å². The van der Waals surface area contributed by atoms with Crippen LogP contribution >= 0.6 is 23.1 Å². The van der Waals surface area contributed by atoms with Gasteiger partial charge < -0.3 is 10.8 Å². The number of benzene rings is 1. The molecule has 0 unspecified atom stereocenters. The molecule has 0 aliphatic heterocycles. The Morgan fingerprint density at radius 2 is 2.16 bits per heavy atom. The van der Waals surface area contributed by atoms with E-state index in [4.69, 9.17) is 10.8 Å². The first kappa shape index (κ1) is 14.0. The monoisotopic (exact) mass is 293 g/mol. The summed E-state index contributed by atoms with van der Waals surface area (Å²) in [5.41, 5.74) is 8.96. The van der Waals surface area contributed by atoms with Crippen LogP contribution in [0.2, 0.25) is 0 Å². The lowest BCUT2D eigenvalue weighted by Crippen LogP contribution is -1.92. The number of anilines is 1. The SMILES string of the molecule is Cc1cccc(SCc2cc(C(=O)O)sc2C)c1N. The fraction of sp³-hybridized carbons (Fsp3) is 0.214. The number of nitrogens with two attached hydrogens (primary N) is 1. The summed E-state index contributed by atoms with van der Waals surface area (Å²) in [4.78, 5) is 13.4. The Hall–Kier alpha value is -1.46. The molecule has 1 aromatic heterocycles. The lowest BCUT2D eigenvalue weighted by atomic mass is 10.2. The minimum absolute atomic E-state index is 0.394. The van der Waals surface area contributed by atoms with Gasteiger partial charge in [-0.05, 0) is 37.1 Å². The Morgan fingerprint density at radius 3 is 2.79 bits per heavy atom. The molecule has 0 bridgehead atoms. The number of aromatic carboxylic acids is 1. The first-order valence-corrected chi connectivity index (χ1v) is 7.59. The van der Waals surface area contributed by atoms with Crippen LogP contribution in [0.15, 0.2) is 29.2 Å². The Morgan fingerprint density at radius 1 is 1.42 bits per heavy atom. The molecule has 1 aromatic carbocycles. The van der Waals surface area contributed by atoms with E-state index in [-0.39, 0.29) is 0 Å². The second kappa shape index (κ2) is 5.67. The molecule has 0 atom stereocenters. The quantitative estimate of drug-likeness (QED) is 0.662. The predicted octanol–water partition coefficient (Wildman–Crippen LogP) is 3.94. The average molecular weight is 293 g/mol. The van der Waals surface area contributed by atoms with Gasteiger partial charge in [-0.25, -0.2) is 4.79 Å². The zero-order valence-corrected chi connectivity index (χ0v) is 12.4. The number of aryl methyl sites for hydroxylation is 2. The molecule has 100 valence electrons.